The molecule has 0 aliphatic heterocycles. The first-order chi connectivity index (χ1) is 23.3. The first-order valence-corrected chi connectivity index (χ1v) is 21.1. The summed E-state index contributed by atoms with van der Waals surface area (Å²) >= 11 is 0. The van der Waals surface area contributed by atoms with Crippen LogP contribution in [0.1, 0.15) is 193 Å². The van der Waals surface area contributed by atoms with Gasteiger partial charge in [-0.2, -0.15) is 0 Å². The van der Waals surface area contributed by atoms with E-state index >= 15 is 0 Å². The molecule has 9 heteroatoms. The van der Waals surface area contributed by atoms with Crippen molar-refractivity contribution in [1.82, 2.24) is 0 Å². The predicted octanol–water partition coefficient (Wildman–Crippen LogP) is 11.6. The summed E-state index contributed by atoms with van der Waals surface area (Å²) < 4.78 is 26.3. The van der Waals surface area contributed by atoms with E-state index in [9.17, 15) is 14.2 Å². The minimum Gasteiger partial charge on any atom is -0.462 e. The van der Waals surface area contributed by atoms with Gasteiger partial charge in [-0.3, -0.25) is 14.1 Å². The van der Waals surface area contributed by atoms with Crippen LogP contribution >= 0.6 is 7.82 Å². The summed E-state index contributed by atoms with van der Waals surface area (Å²) in [5, 5.41) is 0. The molecule has 282 valence electrons. The van der Waals surface area contributed by atoms with Crippen LogP contribution in [0.25, 0.3) is 0 Å². The monoisotopic (exact) mass is 701 g/mol. The highest BCUT2D eigenvalue weighted by Crippen LogP contribution is 2.36. The summed E-state index contributed by atoms with van der Waals surface area (Å²) in [7, 11) is -4.75. The van der Waals surface area contributed by atoms with Crippen molar-refractivity contribution in [1.29, 1.82) is 0 Å². The molecule has 0 amide bonds. The Bertz CT molecular complexity index is 812. The second-order valence-corrected chi connectivity index (χ2v) is 14.7. The number of unbranched alkanes of at least 4 members (excludes halogenated alkanes) is 26. The van der Waals surface area contributed by atoms with Crippen LogP contribution in [0.3, 0.4) is 0 Å². The van der Waals surface area contributed by atoms with E-state index in [1.165, 1.54) is 122 Å². The fourth-order valence-electron chi connectivity index (χ4n) is 5.80. The van der Waals surface area contributed by atoms with Gasteiger partial charge in [0.2, 0.25) is 0 Å². The third-order valence-corrected chi connectivity index (χ3v) is 9.22. The Labute approximate surface area is 294 Å². The van der Waals surface area contributed by atoms with Crippen molar-refractivity contribution >= 4 is 19.8 Å². The Morgan fingerprint density at radius 1 is 0.500 bits per heavy atom. The Morgan fingerprint density at radius 3 is 1.15 bits per heavy atom. The molecule has 0 heterocycles. The smallest absolute Gasteiger partial charge is 0.462 e. The van der Waals surface area contributed by atoms with E-state index in [1.54, 1.807) is 0 Å². The van der Waals surface area contributed by atoms with Crippen molar-refractivity contribution in [3.63, 3.8) is 0 Å². The molecule has 0 saturated heterocycles. The van der Waals surface area contributed by atoms with Crippen LogP contribution in [0.2, 0.25) is 0 Å². The Balaban J connectivity index is 3.89. The molecule has 8 nitrogen and oxygen atoms in total. The first-order valence-electron chi connectivity index (χ1n) is 19.6. The van der Waals surface area contributed by atoms with E-state index in [0.29, 0.717) is 6.42 Å². The zero-order valence-electron chi connectivity index (χ0n) is 30.6. The molecule has 0 bridgehead atoms. The highest BCUT2D eigenvalue weighted by atomic mass is 31.2. The molecule has 48 heavy (non-hydrogen) atoms. The number of ether oxygens (including phenoxy) is 2. The van der Waals surface area contributed by atoms with Crippen LogP contribution in [0.4, 0.5) is 0 Å². The van der Waals surface area contributed by atoms with Crippen LogP contribution in [0.5, 0.6) is 0 Å². The Morgan fingerprint density at radius 2 is 0.812 bits per heavy atom. The van der Waals surface area contributed by atoms with Crippen molar-refractivity contribution in [3.05, 3.63) is 25.3 Å². The lowest BCUT2D eigenvalue weighted by Gasteiger charge is -2.18. The predicted molar refractivity (Wildman–Crippen MR) is 198 cm³/mol. The highest BCUT2D eigenvalue weighted by molar-refractivity contribution is 7.46. The maximum absolute atomic E-state index is 12.4. The van der Waals surface area contributed by atoms with Gasteiger partial charge in [0.25, 0.3) is 0 Å². The lowest BCUT2D eigenvalue weighted by Crippen LogP contribution is -2.29. The summed E-state index contributed by atoms with van der Waals surface area (Å²) in [6, 6.07) is 0. The number of phosphoric ester groups is 1. The van der Waals surface area contributed by atoms with E-state index in [0.717, 1.165) is 51.4 Å². The average Bonchev–Trinajstić information content (AvgIpc) is 3.05. The van der Waals surface area contributed by atoms with Crippen LogP contribution in [0, 0.1) is 0 Å². The maximum atomic E-state index is 12.4. The molecule has 0 fully saturated rings. The van der Waals surface area contributed by atoms with Gasteiger partial charge in [0.1, 0.15) is 6.61 Å². The molecule has 0 saturated carbocycles. The zero-order chi connectivity index (χ0) is 35.4. The lowest BCUT2D eigenvalue weighted by molar-refractivity contribution is -0.161. The summed E-state index contributed by atoms with van der Waals surface area (Å²) in [6.45, 7) is 6.71. The Kier molecular flexibility index (Phi) is 34.3. The molecule has 2 N–H and O–H groups in total. The van der Waals surface area contributed by atoms with Gasteiger partial charge in [-0.25, -0.2) is 4.57 Å². The molecule has 0 radical (unpaired) electrons. The fourth-order valence-corrected chi connectivity index (χ4v) is 6.16. The number of esters is 2. The van der Waals surface area contributed by atoms with Gasteiger partial charge in [0.05, 0.1) is 6.61 Å². The van der Waals surface area contributed by atoms with Crippen LogP contribution < -0.4 is 0 Å². The second-order valence-electron chi connectivity index (χ2n) is 13.4. The van der Waals surface area contributed by atoms with Crippen molar-refractivity contribution in [2.75, 3.05) is 13.2 Å². The van der Waals surface area contributed by atoms with Gasteiger partial charge in [0, 0.05) is 12.8 Å². The molecule has 0 unspecified atom stereocenters. The molecule has 0 aliphatic rings. The van der Waals surface area contributed by atoms with Gasteiger partial charge in [0.15, 0.2) is 6.10 Å². The largest absolute Gasteiger partial charge is 0.469 e. The molecule has 0 aromatic heterocycles. The third-order valence-electron chi connectivity index (χ3n) is 8.74. The van der Waals surface area contributed by atoms with E-state index in [4.69, 9.17) is 19.3 Å². The van der Waals surface area contributed by atoms with E-state index in [-0.39, 0.29) is 19.4 Å². The maximum Gasteiger partial charge on any atom is 0.469 e. The number of phosphoric acid groups is 1. The van der Waals surface area contributed by atoms with Gasteiger partial charge >= 0.3 is 19.8 Å². The zero-order valence-corrected chi connectivity index (χ0v) is 31.5. The van der Waals surface area contributed by atoms with Gasteiger partial charge < -0.3 is 19.3 Å². The van der Waals surface area contributed by atoms with Crippen LogP contribution in [0.15, 0.2) is 25.3 Å². The number of rotatable bonds is 38. The number of carbonyl (C=O) groups excluding carboxylic acids is 2. The van der Waals surface area contributed by atoms with Crippen molar-refractivity contribution in [2.45, 2.75) is 199 Å². The summed E-state index contributed by atoms with van der Waals surface area (Å²) in [4.78, 5) is 42.7. The molecule has 0 aromatic carbocycles. The molecule has 0 rings (SSSR count). The average molecular weight is 701 g/mol. The van der Waals surface area contributed by atoms with Gasteiger partial charge in [-0.05, 0) is 38.5 Å². The molecular weight excluding hydrogens is 627 g/mol. The number of hydrogen-bond acceptors (Lipinski definition) is 6. The van der Waals surface area contributed by atoms with Gasteiger partial charge in [-0.15, -0.1) is 13.2 Å². The van der Waals surface area contributed by atoms with Crippen molar-refractivity contribution < 1.29 is 37.9 Å². The van der Waals surface area contributed by atoms with E-state index < -0.39 is 32.5 Å². The summed E-state index contributed by atoms with van der Waals surface area (Å²) in [5.74, 6) is -0.884. The van der Waals surface area contributed by atoms with Crippen LogP contribution in [-0.4, -0.2) is 41.0 Å². The molecular formula is C39H73O8P. The van der Waals surface area contributed by atoms with Crippen molar-refractivity contribution in [2.24, 2.45) is 0 Å². The minimum atomic E-state index is -4.75. The first kappa shape index (κ1) is 46.5. The normalized spacial score (nSPS) is 12.1. The minimum absolute atomic E-state index is 0.212. The topological polar surface area (TPSA) is 119 Å². The fraction of sp³-hybridized carbons (Fsp3) is 0.846. The Hall–Kier alpha value is -1.47. The number of carbonyl (C=O) groups is 2. The highest BCUT2D eigenvalue weighted by Gasteiger charge is 2.22. The summed E-state index contributed by atoms with van der Waals surface area (Å²) in [5.41, 5.74) is 0. The third kappa shape index (κ3) is 37.4. The summed E-state index contributed by atoms with van der Waals surface area (Å²) in [6.07, 6.45) is 36.8. The van der Waals surface area contributed by atoms with E-state index in [1.807, 2.05) is 12.2 Å². The second kappa shape index (κ2) is 35.4. The molecule has 1 atom stereocenters. The quantitative estimate of drug-likeness (QED) is 0.0283. The molecule has 0 spiro atoms. The molecule has 0 aromatic rings. The standard InChI is InChI=1S/C39H73O8P/c1-3-5-7-9-11-13-15-17-19-21-23-25-27-29-31-33-38(40)45-35-37(36-46-48(42,43)44)47-39(41)34-32-30-28-26-24-22-20-18-16-14-12-10-8-6-4-2/h3-4,37H,1-2,5-36H2,(H2,42,43,44)/t37-/m1/s1. The van der Waals surface area contributed by atoms with Crippen LogP contribution in [-0.2, 0) is 28.2 Å². The lowest BCUT2D eigenvalue weighted by atomic mass is 10.0. The SMILES string of the molecule is C=CCCCCCCCCCCCCCCCC(=O)OC[C@H](COP(=O)(O)O)OC(=O)CCCCCCCCCCCCCCCC=C. The van der Waals surface area contributed by atoms with E-state index in [2.05, 4.69) is 17.7 Å². The molecule has 0 aliphatic carbocycles. The van der Waals surface area contributed by atoms with Crippen molar-refractivity contribution in [3.8, 4) is 0 Å². The van der Waals surface area contributed by atoms with Gasteiger partial charge in [-0.1, -0.05) is 153 Å². The number of allylic oxidation sites excluding steroid dienone is 2. The number of hydrogen-bond donors (Lipinski definition) is 2.